The quantitative estimate of drug-likeness (QED) is 0.807. The number of aromatic nitrogens is 3. The van der Waals surface area contributed by atoms with Gasteiger partial charge >= 0.3 is 0 Å². The number of carbonyl (C=O) groups excluding carboxylic acids is 1. The number of nitrogens with one attached hydrogen (secondary N) is 1. The Labute approximate surface area is 125 Å². The first-order valence-electron chi connectivity index (χ1n) is 6.57. The highest BCUT2D eigenvalue weighted by Crippen LogP contribution is 2.21. The van der Waals surface area contributed by atoms with Crippen molar-refractivity contribution >= 4 is 11.6 Å². The molecule has 0 bridgehead atoms. The maximum Gasteiger partial charge on any atom is 0.277 e. The van der Waals surface area contributed by atoms with Crippen LogP contribution in [-0.4, -0.2) is 20.8 Å². The molecule has 0 atom stereocenters. The minimum atomic E-state index is -0.395. The number of rotatable bonds is 3. The van der Waals surface area contributed by atoms with Crippen LogP contribution in [-0.2, 0) is 7.05 Å². The van der Waals surface area contributed by atoms with Crippen LogP contribution in [0.15, 0.2) is 41.1 Å². The van der Waals surface area contributed by atoms with E-state index in [9.17, 15) is 9.18 Å². The van der Waals surface area contributed by atoms with Gasteiger partial charge in [-0.15, -0.1) is 0 Å². The smallest absolute Gasteiger partial charge is 0.277 e. The van der Waals surface area contributed by atoms with E-state index < -0.39 is 5.91 Å². The molecule has 1 aromatic carbocycles. The van der Waals surface area contributed by atoms with Crippen LogP contribution in [0.25, 0.3) is 11.3 Å². The standard InChI is InChI=1S/C15H13FN4O2/c1-9-13(8-17-20(9)2)18-15(21)12-7-14(22-19-12)10-3-5-11(16)6-4-10/h3-8H,1-2H3,(H,18,21). The molecule has 0 radical (unpaired) electrons. The first-order chi connectivity index (χ1) is 10.5. The van der Waals surface area contributed by atoms with Gasteiger partial charge < -0.3 is 9.84 Å². The van der Waals surface area contributed by atoms with Gasteiger partial charge in [-0.05, 0) is 31.2 Å². The third kappa shape index (κ3) is 2.60. The zero-order valence-electron chi connectivity index (χ0n) is 12.0. The van der Waals surface area contributed by atoms with Crippen molar-refractivity contribution in [3.8, 4) is 11.3 Å². The lowest BCUT2D eigenvalue weighted by Gasteiger charge is -2.01. The maximum absolute atomic E-state index is 12.9. The van der Waals surface area contributed by atoms with Crippen molar-refractivity contribution in [2.75, 3.05) is 5.32 Å². The summed E-state index contributed by atoms with van der Waals surface area (Å²) in [4.78, 5) is 12.1. The summed E-state index contributed by atoms with van der Waals surface area (Å²) in [5, 5.41) is 10.5. The van der Waals surface area contributed by atoms with Crippen molar-refractivity contribution in [1.82, 2.24) is 14.9 Å². The van der Waals surface area contributed by atoms with E-state index in [0.29, 0.717) is 17.0 Å². The number of hydrogen-bond donors (Lipinski definition) is 1. The molecule has 0 aliphatic rings. The average Bonchev–Trinajstić information content (AvgIpc) is 3.11. The van der Waals surface area contributed by atoms with Gasteiger partial charge in [0.25, 0.3) is 5.91 Å². The fraction of sp³-hybridized carbons (Fsp3) is 0.133. The summed E-state index contributed by atoms with van der Waals surface area (Å²) in [5.41, 5.74) is 2.22. The minimum Gasteiger partial charge on any atom is -0.355 e. The SMILES string of the molecule is Cc1c(NC(=O)c2cc(-c3ccc(F)cc3)on2)cnn1C. The number of hydrogen-bond acceptors (Lipinski definition) is 4. The molecule has 3 rings (SSSR count). The lowest BCUT2D eigenvalue weighted by atomic mass is 10.1. The van der Waals surface area contributed by atoms with Crippen molar-refractivity contribution in [2.45, 2.75) is 6.92 Å². The Morgan fingerprint density at radius 2 is 2.05 bits per heavy atom. The number of anilines is 1. The number of aryl methyl sites for hydroxylation is 1. The predicted molar refractivity (Wildman–Crippen MR) is 77.8 cm³/mol. The van der Waals surface area contributed by atoms with Crippen molar-refractivity contribution < 1.29 is 13.7 Å². The van der Waals surface area contributed by atoms with Crippen LogP contribution >= 0.6 is 0 Å². The van der Waals surface area contributed by atoms with Gasteiger partial charge in [0, 0.05) is 18.7 Å². The van der Waals surface area contributed by atoms with E-state index in [2.05, 4.69) is 15.6 Å². The van der Waals surface area contributed by atoms with E-state index in [0.717, 1.165) is 5.69 Å². The average molecular weight is 300 g/mol. The van der Waals surface area contributed by atoms with E-state index in [4.69, 9.17) is 4.52 Å². The highest BCUT2D eigenvalue weighted by molar-refractivity contribution is 6.03. The summed E-state index contributed by atoms with van der Waals surface area (Å²) in [6.45, 7) is 1.84. The van der Waals surface area contributed by atoms with Crippen LogP contribution in [0.5, 0.6) is 0 Å². The van der Waals surface area contributed by atoms with Gasteiger partial charge in [-0.1, -0.05) is 5.16 Å². The molecule has 7 heteroatoms. The Bertz CT molecular complexity index is 820. The van der Waals surface area contributed by atoms with E-state index in [-0.39, 0.29) is 11.5 Å². The van der Waals surface area contributed by atoms with Crippen LogP contribution in [0, 0.1) is 12.7 Å². The predicted octanol–water partition coefficient (Wildman–Crippen LogP) is 2.77. The number of halogens is 1. The summed E-state index contributed by atoms with van der Waals surface area (Å²) >= 11 is 0. The van der Waals surface area contributed by atoms with Gasteiger partial charge in [-0.25, -0.2) is 4.39 Å². The molecular weight excluding hydrogens is 287 g/mol. The van der Waals surface area contributed by atoms with Gasteiger partial charge in [-0.3, -0.25) is 9.48 Å². The fourth-order valence-corrected chi connectivity index (χ4v) is 1.94. The van der Waals surface area contributed by atoms with Gasteiger partial charge in [0.15, 0.2) is 11.5 Å². The number of amides is 1. The largest absolute Gasteiger partial charge is 0.355 e. The number of benzene rings is 1. The molecule has 0 aliphatic heterocycles. The summed E-state index contributed by atoms with van der Waals surface area (Å²) in [5.74, 6) is -0.338. The van der Waals surface area contributed by atoms with E-state index in [1.807, 2.05) is 6.92 Å². The van der Waals surface area contributed by atoms with Crippen LogP contribution < -0.4 is 5.32 Å². The Hall–Kier alpha value is -2.96. The second kappa shape index (κ2) is 5.44. The molecule has 0 saturated carbocycles. The maximum atomic E-state index is 12.9. The minimum absolute atomic E-state index is 0.141. The van der Waals surface area contributed by atoms with Crippen LogP contribution in [0.4, 0.5) is 10.1 Å². The van der Waals surface area contributed by atoms with Crippen LogP contribution in [0.1, 0.15) is 16.2 Å². The Morgan fingerprint density at radius 1 is 1.32 bits per heavy atom. The molecule has 22 heavy (non-hydrogen) atoms. The molecule has 2 aromatic heterocycles. The molecule has 0 saturated heterocycles. The van der Waals surface area contributed by atoms with E-state index >= 15 is 0 Å². The zero-order chi connectivity index (χ0) is 15.7. The second-order valence-electron chi connectivity index (χ2n) is 4.80. The molecule has 1 N–H and O–H groups in total. The second-order valence-corrected chi connectivity index (χ2v) is 4.80. The molecule has 0 unspecified atom stereocenters. The Balaban J connectivity index is 1.80. The van der Waals surface area contributed by atoms with E-state index in [1.165, 1.54) is 18.2 Å². The molecule has 1 amide bonds. The molecule has 6 nitrogen and oxygen atoms in total. The highest BCUT2D eigenvalue weighted by Gasteiger charge is 2.15. The van der Waals surface area contributed by atoms with Crippen molar-refractivity contribution in [3.63, 3.8) is 0 Å². The topological polar surface area (TPSA) is 73.0 Å². The third-order valence-corrected chi connectivity index (χ3v) is 3.35. The summed E-state index contributed by atoms with van der Waals surface area (Å²) < 4.78 is 19.7. The van der Waals surface area contributed by atoms with Crippen LogP contribution in [0.2, 0.25) is 0 Å². The third-order valence-electron chi connectivity index (χ3n) is 3.35. The molecule has 3 aromatic rings. The zero-order valence-corrected chi connectivity index (χ0v) is 12.0. The Kier molecular flexibility index (Phi) is 3.46. The van der Waals surface area contributed by atoms with Gasteiger partial charge in [0.05, 0.1) is 17.6 Å². The molecule has 112 valence electrons. The van der Waals surface area contributed by atoms with Gasteiger partial charge in [0.1, 0.15) is 5.82 Å². The molecule has 0 fully saturated rings. The van der Waals surface area contributed by atoms with E-state index in [1.54, 1.807) is 30.1 Å². The monoisotopic (exact) mass is 300 g/mol. The first kappa shape index (κ1) is 14.0. The molecular formula is C15H13FN4O2. The summed E-state index contributed by atoms with van der Waals surface area (Å²) in [7, 11) is 1.79. The fourth-order valence-electron chi connectivity index (χ4n) is 1.94. The lowest BCUT2D eigenvalue weighted by molar-refractivity contribution is 0.101. The molecule has 2 heterocycles. The Morgan fingerprint density at radius 3 is 2.68 bits per heavy atom. The summed E-state index contributed by atoms with van der Waals surface area (Å²) in [6.07, 6.45) is 1.56. The number of carbonyl (C=O) groups is 1. The highest BCUT2D eigenvalue weighted by atomic mass is 19.1. The van der Waals surface area contributed by atoms with Crippen molar-refractivity contribution in [2.24, 2.45) is 7.05 Å². The summed E-state index contributed by atoms with van der Waals surface area (Å²) in [6, 6.07) is 7.26. The van der Waals surface area contributed by atoms with Gasteiger partial charge in [-0.2, -0.15) is 5.10 Å². The van der Waals surface area contributed by atoms with Crippen molar-refractivity contribution in [1.29, 1.82) is 0 Å². The lowest BCUT2D eigenvalue weighted by Crippen LogP contribution is -2.12. The molecule has 0 spiro atoms. The normalized spacial score (nSPS) is 10.7. The number of nitrogens with zero attached hydrogens (tertiary/aromatic N) is 3. The first-order valence-corrected chi connectivity index (χ1v) is 6.57. The molecule has 0 aliphatic carbocycles. The van der Waals surface area contributed by atoms with Crippen LogP contribution in [0.3, 0.4) is 0 Å². The van der Waals surface area contributed by atoms with Crippen molar-refractivity contribution in [3.05, 3.63) is 53.7 Å². The van der Waals surface area contributed by atoms with Gasteiger partial charge in [0.2, 0.25) is 0 Å².